The van der Waals surface area contributed by atoms with E-state index in [0.717, 1.165) is 6.42 Å². The normalized spacial score (nSPS) is 11.1. The molecule has 0 radical (unpaired) electrons. The monoisotopic (exact) mass is 378 g/mol. The predicted octanol–water partition coefficient (Wildman–Crippen LogP) is 8.31. The zero-order valence-electron chi connectivity index (χ0n) is 18.2. The van der Waals surface area contributed by atoms with E-state index >= 15 is 0 Å². The van der Waals surface area contributed by atoms with Gasteiger partial charge in [0, 0.05) is 6.08 Å². The molecule has 0 amide bonds. The first-order chi connectivity index (χ1) is 13.3. The van der Waals surface area contributed by atoms with Gasteiger partial charge in [-0.25, -0.2) is 4.79 Å². The van der Waals surface area contributed by atoms with Gasteiger partial charge in [-0.2, -0.15) is 0 Å². The molecule has 0 aromatic carbocycles. The molecule has 0 aromatic rings. The molecule has 0 saturated carbocycles. The quantitative estimate of drug-likeness (QED) is 0.0868. The van der Waals surface area contributed by atoms with E-state index in [1.165, 1.54) is 115 Å². The molecule has 0 N–H and O–H groups in total. The maximum absolute atomic E-state index is 10.9. The molecule has 2 nitrogen and oxygen atoms in total. The van der Waals surface area contributed by atoms with Crippen molar-refractivity contribution in [3.05, 3.63) is 24.8 Å². The van der Waals surface area contributed by atoms with Gasteiger partial charge in [0.1, 0.15) is 0 Å². The van der Waals surface area contributed by atoms with E-state index in [1.54, 1.807) is 0 Å². The fourth-order valence-electron chi connectivity index (χ4n) is 3.36. The lowest BCUT2D eigenvalue weighted by atomic mass is 10.0. The predicted molar refractivity (Wildman–Crippen MR) is 119 cm³/mol. The van der Waals surface area contributed by atoms with Crippen LogP contribution < -0.4 is 0 Å². The van der Waals surface area contributed by atoms with Crippen molar-refractivity contribution in [1.82, 2.24) is 0 Å². The molecule has 27 heavy (non-hydrogen) atoms. The Morgan fingerprint density at radius 1 is 0.667 bits per heavy atom. The molecule has 0 saturated heterocycles. The number of hydrogen-bond donors (Lipinski definition) is 0. The van der Waals surface area contributed by atoms with Crippen molar-refractivity contribution in [2.45, 2.75) is 122 Å². The molecule has 0 aliphatic heterocycles. The van der Waals surface area contributed by atoms with Crippen LogP contribution in [-0.2, 0) is 9.53 Å². The van der Waals surface area contributed by atoms with Gasteiger partial charge in [-0.3, -0.25) is 0 Å². The summed E-state index contributed by atoms with van der Waals surface area (Å²) in [6.45, 7) is 6.13. The molecule has 0 unspecified atom stereocenters. The molecular formula is C25H46O2. The summed E-state index contributed by atoms with van der Waals surface area (Å²) >= 11 is 0. The number of rotatable bonds is 21. The van der Waals surface area contributed by atoms with E-state index in [-0.39, 0.29) is 5.97 Å². The first kappa shape index (κ1) is 26.0. The van der Waals surface area contributed by atoms with Crippen molar-refractivity contribution in [1.29, 1.82) is 0 Å². The number of carbonyl (C=O) groups excluding carboxylic acids is 1. The molecule has 0 heterocycles. The highest BCUT2D eigenvalue weighted by Crippen LogP contribution is 2.14. The number of hydrogen-bond acceptors (Lipinski definition) is 2. The second-order valence-corrected chi connectivity index (χ2v) is 7.70. The van der Waals surface area contributed by atoms with E-state index in [9.17, 15) is 4.79 Å². The fourth-order valence-corrected chi connectivity index (χ4v) is 3.36. The van der Waals surface area contributed by atoms with Crippen LogP contribution in [0.3, 0.4) is 0 Å². The van der Waals surface area contributed by atoms with Gasteiger partial charge in [-0.15, -0.1) is 0 Å². The lowest BCUT2D eigenvalue weighted by Gasteiger charge is -2.04. The summed E-state index contributed by atoms with van der Waals surface area (Å²) < 4.78 is 4.97. The number of ether oxygens (including phenoxy) is 1. The van der Waals surface area contributed by atoms with Crippen molar-refractivity contribution in [3.63, 3.8) is 0 Å². The van der Waals surface area contributed by atoms with E-state index < -0.39 is 0 Å². The highest BCUT2D eigenvalue weighted by Gasteiger charge is 1.96. The van der Waals surface area contributed by atoms with E-state index in [1.807, 2.05) is 0 Å². The third-order valence-electron chi connectivity index (χ3n) is 5.08. The summed E-state index contributed by atoms with van der Waals surface area (Å²) in [7, 11) is 0. The minimum atomic E-state index is -0.300. The minimum Gasteiger partial charge on any atom is -0.463 e. The number of carbonyl (C=O) groups is 1. The van der Waals surface area contributed by atoms with Crippen LogP contribution in [0.15, 0.2) is 24.8 Å². The van der Waals surface area contributed by atoms with Crippen LogP contribution in [0.5, 0.6) is 0 Å². The Balaban J connectivity index is 3.04. The minimum absolute atomic E-state index is 0.300. The van der Waals surface area contributed by atoms with Crippen molar-refractivity contribution < 1.29 is 9.53 Å². The summed E-state index contributed by atoms with van der Waals surface area (Å²) in [4.78, 5) is 10.9. The van der Waals surface area contributed by atoms with Gasteiger partial charge >= 0.3 is 5.97 Å². The molecule has 0 aliphatic rings. The zero-order valence-corrected chi connectivity index (χ0v) is 18.2. The number of allylic oxidation sites excluding steroid dienone is 2. The van der Waals surface area contributed by atoms with Gasteiger partial charge in [-0.05, 0) is 25.7 Å². The van der Waals surface area contributed by atoms with Crippen LogP contribution in [0, 0.1) is 0 Å². The molecule has 0 spiro atoms. The standard InChI is InChI=1S/C25H46O2/c1-3-5-6-7-8-9-10-11-12-13-14-15-16-17-18-19-20-21-22-23-24-27-25(26)4-2/h4-6H,2-3,7-24H2,1H3/b6-5+. The largest absolute Gasteiger partial charge is 0.463 e. The average Bonchev–Trinajstić information content (AvgIpc) is 2.68. The molecule has 0 rings (SSSR count). The van der Waals surface area contributed by atoms with Crippen LogP contribution in [-0.4, -0.2) is 12.6 Å². The van der Waals surface area contributed by atoms with Crippen molar-refractivity contribution in [3.8, 4) is 0 Å². The number of unbranched alkanes of at least 4 members (excludes halogenated alkanes) is 16. The van der Waals surface area contributed by atoms with E-state index in [4.69, 9.17) is 4.74 Å². The summed E-state index contributed by atoms with van der Waals surface area (Å²) in [6.07, 6.45) is 30.0. The molecule has 0 fully saturated rings. The second kappa shape index (κ2) is 23.0. The fraction of sp³-hybridized carbons (Fsp3) is 0.800. The van der Waals surface area contributed by atoms with Crippen LogP contribution in [0.1, 0.15) is 122 Å². The Hall–Kier alpha value is -1.05. The Kier molecular flexibility index (Phi) is 22.1. The first-order valence-electron chi connectivity index (χ1n) is 11.8. The molecular weight excluding hydrogens is 332 g/mol. The van der Waals surface area contributed by atoms with Crippen molar-refractivity contribution in [2.75, 3.05) is 6.61 Å². The third-order valence-corrected chi connectivity index (χ3v) is 5.08. The summed E-state index contributed by atoms with van der Waals surface area (Å²) in [5, 5.41) is 0. The Labute approximate surface area is 169 Å². The molecule has 0 aromatic heterocycles. The molecule has 0 bridgehead atoms. The van der Waals surface area contributed by atoms with Gasteiger partial charge < -0.3 is 4.74 Å². The Bertz CT molecular complexity index is 346. The molecule has 0 aliphatic carbocycles. The van der Waals surface area contributed by atoms with Gasteiger partial charge in [0.2, 0.25) is 0 Å². The van der Waals surface area contributed by atoms with Crippen molar-refractivity contribution >= 4 is 5.97 Å². The topological polar surface area (TPSA) is 26.3 Å². The highest BCUT2D eigenvalue weighted by atomic mass is 16.5. The first-order valence-corrected chi connectivity index (χ1v) is 11.8. The smallest absolute Gasteiger partial charge is 0.330 e. The summed E-state index contributed by atoms with van der Waals surface area (Å²) in [5.74, 6) is -0.300. The third kappa shape index (κ3) is 22.9. The lowest BCUT2D eigenvalue weighted by molar-refractivity contribution is -0.137. The zero-order chi connectivity index (χ0) is 19.8. The second-order valence-electron chi connectivity index (χ2n) is 7.70. The Morgan fingerprint density at radius 3 is 1.48 bits per heavy atom. The van der Waals surface area contributed by atoms with Crippen LogP contribution >= 0.6 is 0 Å². The SMILES string of the molecule is C=CC(=O)OCCCCCCCCCCCCCCCCCC/C=C/CC. The van der Waals surface area contributed by atoms with Crippen molar-refractivity contribution in [2.24, 2.45) is 0 Å². The van der Waals surface area contributed by atoms with Gasteiger partial charge in [0.15, 0.2) is 0 Å². The van der Waals surface area contributed by atoms with Crippen LogP contribution in [0.2, 0.25) is 0 Å². The van der Waals surface area contributed by atoms with E-state index in [2.05, 4.69) is 25.7 Å². The highest BCUT2D eigenvalue weighted by molar-refractivity contribution is 5.81. The van der Waals surface area contributed by atoms with Crippen LogP contribution in [0.4, 0.5) is 0 Å². The molecule has 2 heteroatoms. The maximum atomic E-state index is 10.9. The molecule has 0 atom stereocenters. The van der Waals surface area contributed by atoms with Gasteiger partial charge in [0.05, 0.1) is 6.61 Å². The maximum Gasteiger partial charge on any atom is 0.330 e. The van der Waals surface area contributed by atoms with E-state index in [0.29, 0.717) is 6.61 Å². The van der Waals surface area contributed by atoms with Gasteiger partial charge in [-0.1, -0.05) is 116 Å². The average molecular weight is 379 g/mol. The van der Waals surface area contributed by atoms with Crippen LogP contribution in [0.25, 0.3) is 0 Å². The number of esters is 1. The summed E-state index contributed by atoms with van der Waals surface area (Å²) in [5.41, 5.74) is 0. The van der Waals surface area contributed by atoms with Gasteiger partial charge in [0.25, 0.3) is 0 Å². The molecule has 158 valence electrons. The Morgan fingerprint density at radius 2 is 1.07 bits per heavy atom. The summed E-state index contributed by atoms with van der Waals surface area (Å²) in [6, 6.07) is 0. The lowest BCUT2D eigenvalue weighted by Crippen LogP contribution is -2.01.